The highest BCUT2D eigenvalue weighted by molar-refractivity contribution is 7.79. The van der Waals surface area contributed by atoms with Gasteiger partial charge in [0.25, 0.3) is 0 Å². The topological polar surface area (TPSA) is 89.6 Å². The highest BCUT2D eigenvalue weighted by Gasteiger charge is 2.09. The van der Waals surface area contributed by atoms with Gasteiger partial charge in [-0.2, -0.15) is 0 Å². The number of ether oxygens (including phenoxy) is 1. The summed E-state index contributed by atoms with van der Waals surface area (Å²) < 4.78 is 24.7. The standard InChI is InChI=1S/C11H13NO4S/c1-7-5-8(3-4-11(13)16-2)10(17(14)15)6-9(7)12/h3-6H,12H2,1-2H3,(H,14,15)/b4-3+. The Morgan fingerprint density at radius 1 is 1.53 bits per heavy atom. The lowest BCUT2D eigenvalue weighted by Crippen LogP contribution is -1.99. The van der Waals surface area contributed by atoms with Crippen LogP contribution in [0.2, 0.25) is 0 Å². The zero-order valence-corrected chi connectivity index (χ0v) is 10.3. The summed E-state index contributed by atoms with van der Waals surface area (Å²) in [5.74, 6) is -0.533. The van der Waals surface area contributed by atoms with E-state index in [0.29, 0.717) is 11.3 Å². The van der Waals surface area contributed by atoms with Gasteiger partial charge in [-0.1, -0.05) is 0 Å². The van der Waals surface area contributed by atoms with Crippen molar-refractivity contribution in [2.75, 3.05) is 12.8 Å². The van der Waals surface area contributed by atoms with Gasteiger partial charge in [-0.05, 0) is 36.3 Å². The highest BCUT2D eigenvalue weighted by atomic mass is 32.2. The number of methoxy groups -OCH3 is 1. The molecule has 5 nitrogen and oxygen atoms in total. The molecule has 92 valence electrons. The van der Waals surface area contributed by atoms with Crippen LogP contribution in [0.4, 0.5) is 5.69 Å². The molecule has 17 heavy (non-hydrogen) atoms. The molecule has 0 heterocycles. The molecule has 0 saturated heterocycles. The van der Waals surface area contributed by atoms with Crippen LogP contribution in [0.25, 0.3) is 6.08 Å². The summed E-state index contributed by atoms with van der Waals surface area (Å²) in [4.78, 5) is 11.1. The zero-order valence-electron chi connectivity index (χ0n) is 9.47. The molecule has 1 unspecified atom stereocenters. The average Bonchev–Trinajstić information content (AvgIpc) is 2.29. The molecule has 1 aromatic rings. The molecule has 1 atom stereocenters. The summed E-state index contributed by atoms with van der Waals surface area (Å²) in [6, 6.07) is 3.06. The van der Waals surface area contributed by atoms with Gasteiger partial charge in [0.15, 0.2) is 11.1 Å². The Hall–Kier alpha value is -1.66. The minimum absolute atomic E-state index is 0.160. The largest absolute Gasteiger partial charge is 0.466 e. The van der Waals surface area contributed by atoms with E-state index < -0.39 is 17.0 Å². The highest BCUT2D eigenvalue weighted by Crippen LogP contribution is 2.22. The maximum atomic E-state index is 11.1. The first-order chi connectivity index (χ1) is 7.95. The summed E-state index contributed by atoms with van der Waals surface area (Å²) in [6.07, 6.45) is 2.60. The van der Waals surface area contributed by atoms with Crippen molar-refractivity contribution in [3.63, 3.8) is 0 Å². The van der Waals surface area contributed by atoms with Gasteiger partial charge < -0.3 is 15.0 Å². The average molecular weight is 255 g/mol. The van der Waals surface area contributed by atoms with E-state index in [9.17, 15) is 9.00 Å². The van der Waals surface area contributed by atoms with Crippen molar-refractivity contribution in [2.24, 2.45) is 0 Å². The van der Waals surface area contributed by atoms with Crippen LogP contribution < -0.4 is 5.73 Å². The van der Waals surface area contributed by atoms with E-state index in [1.807, 2.05) is 0 Å². The van der Waals surface area contributed by atoms with Crippen LogP contribution in [-0.2, 0) is 20.6 Å². The second kappa shape index (κ2) is 5.60. The van der Waals surface area contributed by atoms with Crippen LogP contribution in [0.5, 0.6) is 0 Å². The maximum Gasteiger partial charge on any atom is 0.330 e. The SMILES string of the molecule is COC(=O)/C=C/c1cc(C)c(N)cc1S(=O)O. The van der Waals surface area contributed by atoms with Crippen LogP contribution >= 0.6 is 0 Å². The van der Waals surface area contributed by atoms with Gasteiger partial charge in [-0.3, -0.25) is 0 Å². The molecule has 1 aromatic carbocycles. The van der Waals surface area contributed by atoms with Crippen molar-refractivity contribution >= 4 is 28.8 Å². The van der Waals surface area contributed by atoms with Crippen molar-refractivity contribution in [1.29, 1.82) is 0 Å². The van der Waals surface area contributed by atoms with Gasteiger partial charge >= 0.3 is 5.97 Å². The van der Waals surface area contributed by atoms with Crippen molar-refractivity contribution in [3.05, 3.63) is 29.3 Å². The Balaban J connectivity index is 3.22. The number of carbonyl (C=O) groups is 1. The maximum absolute atomic E-state index is 11.1. The molecule has 0 saturated carbocycles. The third-order valence-corrected chi connectivity index (χ3v) is 2.92. The Morgan fingerprint density at radius 3 is 2.71 bits per heavy atom. The number of nitrogens with two attached hydrogens (primary N) is 1. The summed E-state index contributed by atoms with van der Waals surface area (Å²) in [5.41, 5.74) is 7.30. The Kier molecular flexibility index (Phi) is 4.42. The molecule has 0 spiro atoms. The van der Waals surface area contributed by atoms with E-state index >= 15 is 0 Å². The van der Waals surface area contributed by atoms with Gasteiger partial charge in [-0.25, -0.2) is 9.00 Å². The predicted molar refractivity (Wildman–Crippen MR) is 65.7 cm³/mol. The number of hydrogen-bond acceptors (Lipinski definition) is 4. The second-order valence-electron chi connectivity index (χ2n) is 3.35. The Morgan fingerprint density at radius 2 is 2.18 bits per heavy atom. The number of hydrogen-bond donors (Lipinski definition) is 2. The van der Waals surface area contributed by atoms with E-state index in [0.717, 1.165) is 5.56 Å². The van der Waals surface area contributed by atoms with Gasteiger partial charge in [0, 0.05) is 11.8 Å². The summed E-state index contributed by atoms with van der Waals surface area (Å²) in [6.45, 7) is 1.77. The first kappa shape index (κ1) is 13.4. The van der Waals surface area contributed by atoms with Gasteiger partial charge in [0.1, 0.15) is 0 Å². The molecule has 0 amide bonds. The fraction of sp³-hybridized carbons (Fsp3) is 0.182. The minimum Gasteiger partial charge on any atom is -0.466 e. The molecule has 1 rings (SSSR count). The number of benzene rings is 1. The third-order valence-electron chi connectivity index (χ3n) is 2.19. The summed E-state index contributed by atoms with van der Waals surface area (Å²) in [7, 11) is 1.26. The predicted octanol–water partition coefficient (Wildman–Crippen LogP) is 1.34. The summed E-state index contributed by atoms with van der Waals surface area (Å²) in [5, 5.41) is 0. The second-order valence-corrected chi connectivity index (χ2v) is 4.29. The number of rotatable bonds is 3. The van der Waals surface area contributed by atoms with Crippen LogP contribution in [0.3, 0.4) is 0 Å². The fourth-order valence-corrected chi connectivity index (χ4v) is 1.79. The molecule has 0 fully saturated rings. The van der Waals surface area contributed by atoms with Crippen LogP contribution in [0.1, 0.15) is 11.1 Å². The molecule has 3 N–H and O–H groups in total. The van der Waals surface area contributed by atoms with Crippen LogP contribution in [0.15, 0.2) is 23.1 Å². The van der Waals surface area contributed by atoms with Crippen molar-refractivity contribution in [2.45, 2.75) is 11.8 Å². The van der Waals surface area contributed by atoms with Gasteiger partial charge in [0.05, 0.1) is 12.0 Å². The van der Waals surface area contributed by atoms with Gasteiger partial charge in [0.2, 0.25) is 0 Å². The number of esters is 1. The molecule has 0 bridgehead atoms. The number of aryl methyl sites for hydroxylation is 1. The molecule has 0 aliphatic carbocycles. The first-order valence-corrected chi connectivity index (χ1v) is 5.83. The number of carbonyl (C=O) groups excluding carboxylic acids is 1. The minimum atomic E-state index is -2.16. The van der Waals surface area contributed by atoms with E-state index in [4.69, 9.17) is 10.3 Å². The smallest absolute Gasteiger partial charge is 0.330 e. The number of anilines is 1. The molecular weight excluding hydrogens is 242 g/mol. The van der Waals surface area contributed by atoms with E-state index in [2.05, 4.69) is 4.74 Å². The molecule has 0 aliphatic rings. The normalized spacial score (nSPS) is 12.6. The van der Waals surface area contributed by atoms with E-state index in [-0.39, 0.29) is 4.90 Å². The Labute approximate surface area is 102 Å². The van der Waals surface area contributed by atoms with E-state index in [1.165, 1.54) is 25.3 Å². The first-order valence-electron chi connectivity index (χ1n) is 4.72. The molecule has 0 aromatic heterocycles. The lowest BCUT2D eigenvalue weighted by Gasteiger charge is -2.06. The molecule has 0 radical (unpaired) electrons. The fourth-order valence-electron chi connectivity index (χ4n) is 1.23. The van der Waals surface area contributed by atoms with Crippen molar-refractivity contribution < 1.29 is 18.3 Å². The molecule has 0 aliphatic heterocycles. The lowest BCUT2D eigenvalue weighted by molar-refractivity contribution is -0.134. The molecular formula is C11H13NO4S. The Bertz CT molecular complexity index is 496. The quantitative estimate of drug-likeness (QED) is 0.368. The van der Waals surface area contributed by atoms with Gasteiger partial charge in [-0.15, -0.1) is 0 Å². The summed E-state index contributed by atoms with van der Waals surface area (Å²) >= 11 is -2.16. The zero-order chi connectivity index (χ0) is 13.0. The van der Waals surface area contributed by atoms with Crippen LogP contribution in [-0.4, -0.2) is 21.8 Å². The monoisotopic (exact) mass is 255 g/mol. The lowest BCUT2D eigenvalue weighted by atomic mass is 10.1. The van der Waals surface area contributed by atoms with Crippen LogP contribution in [0, 0.1) is 6.92 Å². The van der Waals surface area contributed by atoms with Crippen molar-refractivity contribution in [1.82, 2.24) is 0 Å². The van der Waals surface area contributed by atoms with Crippen molar-refractivity contribution in [3.8, 4) is 0 Å². The third kappa shape index (κ3) is 3.40. The van der Waals surface area contributed by atoms with E-state index in [1.54, 1.807) is 13.0 Å². The number of nitrogen functional groups attached to an aromatic ring is 1. The molecule has 6 heteroatoms.